The lowest BCUT2D eigenvalue weighted by atomic mass is 9.96. The normalized spacial score (nSPS) is 12.7. The minimum absolute atomic E-state index is 0.153. The third kappa shape index (κ3) is 3.90. The summed E-state index contributed by atoms with van der Waals surface area (Å²) in [6.07, 6.45) is 0. The zero-order valence-corrected chi connectivity index (χ0v) is 8.50. The van der Waals surface area contributed by atoms with Crippen molar-refractivity contribution in [3.8, 4) is 6.07 Å². The number of carboxylic acids is 1. The minimum atomic E-state index is -1.17. The molecule has 0 heterocycles. The fourth-order valence-electron chi connectivity index (χ4n) is 0.613. The molecule has 0 aliphatic carbocycles. The fraction of sp³-hybridized carbons (Fsp3) is 0.667. The van der Waals surface area contributed by atoms with Crippen LogP contribution in [0, 0.1) is 22.7 Å². The van der Waals surface area contributed by atoms with E-state index in [1.54, 1.807) is 13.8 Å². The van der Waals surface area contributed by atoms with E-state index in [-0.39, 0.29) is 6.54 Å². The molecule has 0 radical (unpaired) electrons. The van der Waals surface area contributed by atoms with Gasteiger partial charge in [-0.2, -0.15) is 5.26 Å². The summed E-state index contributed by atoms with van der Waals surface area (Å²) < 4.78 is 0. The summed E-state index contributed by atoms with van der Waals surface area (Å²) in [6.45, 7) is 4.79. The van der Waals surface area contributed by atoms with E-state index in [1.165, 1.54) is 6.92 Å². The van der Waals surface area contributed by atoms with E-state index in [1.807, 2.05) is 6.07 Å². The SMILES string of the molecule is CC(C(=O)O)C(=O)NCC(C)(C)C#N. The summed E-state index contributed by atoms with van der Waals surface area (Å²) in [7, 11) is 0. The van der Waals surface area contributed by atoms with Crippen molar-refractivity contribution in [2.45, 2.75) is 20.8 Å². The number of carbonyl (C=O) groups is 2. The van der Waals surface area contributed by atoms with Crippen molar-refractivity contribution in [3.63, 3.8) is 0 Å². The molecule has 14 heavy (non-hydrogen) atoms. The highest BCUT2D eigenvalue weighted by Gasteiger charge is 2.23. The minimum Gasteiger partial charge on any atom is -0.481 e. The van der Waals surface area contributed by atoms with Gasteiger partial charge in [0.2, 0.25) is 5.91 Å². The Balaban J connectivity index is 4.12. The van der Waals surface area contributed by atoms with Crippen LogP contribution in [-0.4, -0.2) is 23.5 Å². The largest absolute Gasteiger partial charge is 0.481 e. The molecule has 78 valence electrons. The molecule has 0 aliphatic rings. The topological polar surface area (TPSA) is 90.2 Å². The van der Waals surface area contributed by atoms with Gasteiger partial charge in [0.05, 0.1) is 11.5 Å². The van der Waals surface area contributed by atoms with Crippen molar-refractivity contribution in [1.29, 1.82) is 5.26 Å². The molecule has 0 fully saturated rings. The number of nitriles is 1. The maximum Gasteiger partial charge on any atom is 0.315 e. The number of amides is 1. The van der Waals surface area contributed by atoms with Gasteiger partial charge < -0.3 is 10.4 Å². The van der Waals surface area contributed by atoms with Crippen molar-refractivity contribution >= 4 is 11.9 Å². The molecule has 5 heteroatoms. The molecular weight excluding hydrogens is 184 g/mol. The van der Waals surface area contributed by atoms with Crippen LogP contribution in [0.2, 0.25) is 0 Å². The molecule has 0 aromatic carbocycles. The Morgan fingerprint density at radius 3 is 2.43 bits per heavy atom. The second-order valence-corrected chi connectivity index (χ2v) is 3.77. The molecule has 0 aromatic rings. The molecule has 0 aromatic heterocycles. The number of hydrogen-bond acceptors (Lipinski definition) is 3. The van der Waals surface area contributed by atoms with E-state index in [9.17, 15) is 9.59 Å². The molecule has 1 unspecified atom stereocenters. The van der Waals surface area contributed by atoms with Gasteiger partial charge >= 0.3 is 5.97 Å². The van der Waals surface area contributed by atoms with E-state index < -0.39 is 23.2 Å². The predicted molar refractivity (Wildman–Crippen MR) is 49.2 cm³/mol. The highest BCUT2D eigenvalue weighted by molar-refractivity contribution is 5.96. The first-order valence-electron chi connectivity index (χ1n) is 4.22. The van der Waals surface area contributed by atoms with Crippen LogP contribution in [0.1, 0.15) is 20.8 Å². The Morgan fingerprint density at radius 2 is 2.07 bits per heavy atom. The molecular formula is C9H14N2O3. The number of aliphatic carboxylic acids is 1. The number of nitrogens with zero attached hydrogens (tertiary/aromatic N) is 1. The zero-order chi connectivity index (χ0) is 11.4. The van der Waals surface area contributed by atoms with Gasteiger partial charge in [0.25, 0.3) is 0 Å². The van der Waals surface area contributed by atoms with E-state index >= 15 is 0 Å². The van der Waals surface area contributed by atoms with Crippen LogP contribution >= 0.6 is 0 Å². The fourth-order valence-corrected chi connectivity index (χ4v) is 0.613. The number of carbonyl (C=O) groups excluding carboxylic acids is 1. The van der Waals surface area contributed by atoms with Crippen LogP contribution in [0.15, 0.2) is 0 Å². The number of hydrogen-bond donors (Lipinski definition) is 2. The van der Waals surface area contributed by atoms with E-state index in [0.717, 1.165) is 0 Å². The van der Waals surface area contributed by atoms with Crippen molar-refractivity contribution in [1.82, 2.24) is 5.32 Å². The van der Waals surface area contributed by atoms with Gasteiger partial charge in [0.1, 0.15) is 5.92 Å². The third-order valence-corrected chi connectivity index (χ3v) is 1.77. The highest BCUT2D eigenvalue weighted by atomic mass is 16.4. The van der Waals surface area contributed by atoms with E-state index in [2.05, 4.69) is 5.32 Å². The maximum atomic E-state index is 11.1. The van der Waals surface area contributed by atoms with Crippen LogP contribution < -0.4 is 5.32 Å². The van der Waals surface area contributed by atoms with Gasteiger partial charge in [0, 0.05) is 6.54 Å². The van der Waals surface area contributed by atoms with Crippen molar-refractivity contribution in [3.05, 3.63) is 0 Å². The van der Waals surface area contributed by atoms with Crippen molar-refractivity contribution < 1.29 is 14.7 Å². The Bertz CT molecular complexity index is 278. The highest BCUT2D eigenvalue weighted by Crippen LogP contribution is 2.10. The first-order valence-corrected chi connectivity index (χ1v) is 4.22. The monoisotopic (exact) mass is 198 g/mol. The van der Waals surface area contributed by atoms with E-state index in [0.29, 0.717) is 0 Å². The zero-order valence-electron chi connectivity index (χ0n) is 8.50. The molecule has 0 rings (SSSR count). The Labute approximate surface area is 82.7 Å². The molecule has 1 atom stereocenters. The number of carboxylic acid groups (broad SMARTS) is 1. The van der Waals surface area contributed by atoms with Crippen LogP contribution in [0.5, 0.6) is 0 Å². The van der Waals surface area contributed by atoms with Crippen LogP contribution in [0.4, 0.5) is 0 Å². The van der Waals surface area contributed by atoms with Crippen molar-refractivity contribution in [2.24, 2.45) is 11.3 Å². The van der Waals surface area contributed by atoms with Crippen LogP contribution in [0.3, 0.4) is 0 Å². The van der Waals surface area contributed by atoms with Gasteiger partial charge in [-0.05, 0) is 20.8 Å². The smallest absolute Gasteiger partial charge is 0.315 e. The van der Waals surface area contributed by atoms with Gasteiger partial charge in [-0.25, -0.2) is 0 Å². The average Bonchev–Trinajstić information content (AvgIpc) is 2.13. The summed E-state index contributed by atoms with van der Waals surface area (Å²) in [5, 5.41) is 19.6. The third-order valence-electron chi connectivity index (χ3n) is 1.77. The molecule has 1 amide bonds. The van der Waals surface area contributed by atoms with Gasteiger partial charge in [0.15, 0.2) is 0 Å². The maximum absolute atomic E-state index is 11.1. The van der Waals surface area contributed by atoms with E-state index in [4.69, 9.17) is 10.4 Å². The summed E-state index contributed by atoms with van der Waals surface area (Å²) in [6, 6.07) is 2.00. The molecule has 2 N–H and O–H groups in total. The first-order chi connectivity index (χ1) is 6.30. The molecule has 0 saturated heterocycles. The van der Waals surface area contributed by atoms with Gasteiger partial charge in [-0.3, -0.25) is 9.59 Å². The Morgan fingerprint density at radius 1 is 1.57 bits per heavy atom. The van der Waals surface area contributed by atoms with Gasteiger partial charge in [-0.15, -0.1) is 0 Å². The first kappa shape index (κ1) is 12.4. The molecule has 0 spiro atoms. The molecule has 5 nitrogen and oxygen atoms in total. The lowest BCUT2D eigenvalue weighted by molar-refractivity contribution is -0.146. The van der Waals surface area contributed by atoms with Crippen LogP contribution in [-0.2, 0) is 9.59 Å². The molecule has 0 aliphatic heterocycles. The Kier molecular flexibility index (Phi) is 4.09. The number of nitrogens with one attached hydrogen (secondary N) is 1. The quantitative estimate of drug-likeness (QED) is 0.638. The molecule has 0 bridgehead atoms. The predicted octanol–water partition coefficient (Wildman–Crippen LogP) is 0.373. The average molecular weight is 198 g/mol. The standard InChI is InChI=1S/C9H14N2O3/c1-6(8(13)14)7(12)11-5-9(2,3)4-10/h6H,5H2,1-3H3,(H,11,12)(H,13,14). The van der Waals surface area contributed by atoms with Crippen molar-refractivity contribution in [2.75, 3.05) is 6.54 Å². The summed E-state index contributed by atoms with van der Waals surface area (Å²) in [4.78, 5) is 21.6. The van der Waals surface area contributed by atoms with Gasteiger partial charge in [-0.1, -0.05) is 0 Å². The number of rotatable bonds is 4. The molecule has 0 saturated carbocycles. The summed E-state index contributed by atoms with van der Waals surface area (Å²) in [5.74, 6) is -2.82. The summed E-state index contributed by atoms with van der Waals surface area (Å²) in [5.41, 5.74) is -0.673. The second kappa shape index (κ2) is 4.61. The lowest BCUT2D eigenvalue weighted by Crippen LogP contribution is -2.38. The van der Waals surface area contributed by atoms with Crippen LogP contribution in [0.25, 0.3) is 0 Å². The Hall–Kier alpha value is -1.57. The summed E-state index contributed by atoms with van der Waals surface area (Å²) >= 11 is 0. The second-order valence-electron chi connectivity index (χ2n) is 3.77. The lowest BCUT2D eigenvalue weighted by Gasteiger charge is -2.16.